The van der Waals surface area contributed by atoms with Crippen molar-refractivity contribution in [2.24, 2.45) is 17.7 Å². The van der Waals surface area contributed by atoms with Crippen LogP contribution in [0.2, 0.25) is 0 Å². The number of furan rings is 1. The van der Waals surface area contributed by atoms with Gasteiger partial charge in [-0.25, -0.2) is 5.84 Å². The number of likely N-dealkylation sites (tertiary alicyclic amines) is 1. The van der Waals surface area contributed by atoms with Crippen LogP contribution in [0.3, 0.4) is 0 Å². The maximum atomic E-state index is 11.5. The van der Waals surface area contributed by atoms with Crippen LogP contribution < -0.4 is 11.3 Å². The van der Waals surface area contributed by atoms with E-state index in [1.54, 1.807) is 0 Å². The number of nitrogens with one attached hydrogen (secondary N) is 1. The summed E-state index contributed by atoms with van der Waals surface area (Å²) in [5.74, 6) is 7.53. The SMILES string of the molecule is Cc1cc(CN2CCC(C(C)C)CC2)oc1C(=O)NN. The van der Waals surface area contributed by atoms with Gasteiger partial charge in [0.25, 0.3) is 0 Å². The number of hydrogen-bond donors (Lipinski definition) is 2. The molecule has 0 atom stereocenters. The highest BCUT2D eigenvalue weighted by Gasteiger charge is 2.23. The Labute approximate surface area is 120 Å². The molecule has 2 heterocycles. The van der Waals surface area contributed by atoms with Gasteiger partial charge >= 0.3 is 5.91 Å². The van der Waals surface area contributed by atoms with Gasteiger partial charge in [-0.1, -0.05) is 13.8 Å². The molecule has 20 heavy (non-hydrogen) atoms. The van der Waals surface area contributed by atoms with Crippen molar-refractivity contribution in [3.8, 4) is 0 Å². The van der Waals surface area contributed by atoms with Crippen molar-refractivity contribution < 1.29 is 9.21 Å². The number of nitrogens with two attached hydrogens (primary N) is 1. The van der Waals surface area contributed by atoms with Gasteiger partial charge in [0, 0.05) is 5.56 Å². The lowest BCUT2D eigenvalue weighted by Gasteiger charge is -2.33. The summed E-state index contributed by atoms with van der Waals surface area (Å²) in [5, 5.41) is 0. The smallest absolute Gasteiger partial charge is 0.301 e. The van der Waals surface area contributed by atoms with Crippen LogP contribution in [0.5, 0.6) is 0 Å². The van der Waals surface area contributed by atoms with Gasteiger partial charge in [0.15, 0.2) is 5.76 Å². The van der Waals surface area contributed by atoms with Crippen LogP contribution in [0.4, 0.5) is 0 Å². The zero-order valence-electron chi connectivity index (χ0n) is 12.6. The van der Waals surface area contributed by atoms with Gasteiger partial charge < -0.3 is 4.42 Å². The van der Waals surface area contributed by atoms with Crippen LogP contribution in [-0.2, 0) is 6.54 Å². The van der Waals surface area contributed by atoms with Crippen LogP contribution >= 0.6 is 0 Å². The molecule has 0 bridgehead atoms. The third-order valence-electron chi connectivity index (χ3n) is 4.26. The van der Waals surface area contributed by atoms with E-state index in [1.807, 2.05) is 13.0 Å². The number of carbonyl (C=O) groups is 1. The quantitative estimate of drug-likeness (QED) is 0.503. The van der Waals surface area contributed by atoms with Crippen molar-refractivity contribution >= 4 is 5.91 Å². The highest BCUT2D eigenvalue weighted by atomic mass is 16.4. The summed E-state index contributed by atoms with van der Waals surface area (Å²) >= 11 is 0. The predicted octanol–water partition coefficient (Wildman–Crippen LogP) is 2.06. The molecule has 1 aromatic rings. The van der Waals surface area contributed by atoms with Gasteiger partial charge in [-0.05, 0) is 50.8 Å². The molecular weight excluding hydrogens is 254 g/mol. The lowest BCUT2D eigenvalue weighted by molar-refractivity contribution is 0.0918. The molecule has 1 aliphatic rings. The van der Waals surface area contributed by atoms with E-state index in [0.29, 0.717) is 5.76 Å². The van der Waals surface area contributed by atoms with Gasteiger partial charge in [0.2, 0.25) is 0 Å². The van der Waals surface area contributed by atoms with Crippen LogP contribution in [0, 0.1) is 18.8 Å². The molecule has 0 unspecified atom stereocenters. The standard InChI is InChI=1S/C15H25N3O2/c1-10(2)12-4-6-18(7-5-12)9-13-8-11(3)14(20-13)15(19)17-16/h8,10,12H,4-7,9,16H2,1-3H3,(H,17,19). The molecule has 112 valence electrons. The predicted molar refractivity (Wildman–Crippen MR) is 77.9 cm³/mol. The van der Waals surface area contributed by atoms with Crippen LogP contribution in [0.15, 0.2) is 10.5 Å². The summed E-state index contributed by atoms with van der Waals surface area (Å²) in [5.41, 5.74) is 2.94. The van der Waals surface area contributed by atoms with E-state index >= 15 is 0 Å². The van der Waals surface area contributed by atoms with E-state index in [1.165, 1.54) is 12.8 Å². The van der Waals surface area contributed by atoms with Crippen molar-refractivity contribution in [2.45, 2.75) is 40.2 Å². The first-order valence-corrected chi connectivity index (χ1v) is 7.34. The molecule has 1 saturated heterocycles. The van der Waals surface area contributed by atoms with E-state index in [0.717, 1.165) is 42.8 Å². The van der Waals surface area contributed by atoms with E-state index in [4.69, 9.17) is 10.3 Å². The average molecular weight is 279 g/mol. The molecule has 0 radical (unpaired) electrons. The number of hydrogen-bond acceptors (Lipinski definition) is 4. The Morgan fingerprint density at radius 2 is 2.15 bits per heavy atom. The van der Waals surface area contributed by atoms with Crippen LogP contribution in [-0.4, -0.2) is 23.9 Å². The molecule has 1 fully saturated rings. The van der Waals surface area contributed by atoms with Gasteiger partial charge in [-0.3, -0.25) is 15.1 Å². The third kappa shape index (κ3) is 3.41. The average Bonchev–Trinajstić information content (AvgIpc) is 2.79. The molecule has 2 rings (SSSR count). The third-order valence-corrected chi connectivity index (χ3v) is 4.26. The molecule has 3 N–H and O–H groups in total. The first kappa shape index (κ1) is 15.1. The molecule has 0 spiro atoms. The molecule has 1 amide bonds. The van der Waals surface area contributed by atoms with E-state index in [2.05, 4.69) is 24.2 Å². The minimum atomic E-state index is -0.368. The van der Waals surface area contributed by atoms with E-state index in [9.17, 15) is 4.79 Å². The highest BCUT2D eigenvalue weighted by Crippen LogP contribution is 2.26. The first-order chi connectivity index (χ1) is 9.51. The van der Waals surface area contributed by atoms with E-state index in [-0.39, 0.29) is 5.91 Å². The highest BCUT2D eigenvalue weighted by molar-refractivity contribution is 5.92. The molecule has 1 aliphatic heterocycles. The molecule has 1 aromatic heterocycles. The Kier molecular flexibility index (Phi) is 4.83. The molecule has 5 nitrogen and oxygen atoms in total. The summed E-state index contributed by atoms with van der Waals surface area (Å²) in [6, 6.07) is 1.93. The Bertz CT molecular complexity index is 460. The molecule has 0 aliphatic carbocycles. The molecule has 0 saturated carbocycles. The maximum Gasteiger partial charge on any atom is 0.301 e. The number of carbonyl (C=O) groups excluding carboxylic acids is 1. The number of nitrogen functional groups attached to an aromatic ring is 1. The summed E-state index contributed by atoms with van der Waals surface area (Å²) in [6.07, 6.45) is 2.49. The Hall–Kier alpha value is -1.33. The minimum absolute atomic E-state index is 0.319. The summed E-state index contributed by atoms with van der Waals surface area (Å²) in [7, 11) is 0. The second kappa shape index (κ2) is 6.41. The zero-order valence-corrected chi connectivity index (χ0v) is 12.6. The monoisotopic (exact) mass is 279 g/mol. The number of nitrogens with zero attached hydrogens (tertiary/aromatic N) is 1. The Morgan fingerprint density at radius 3 is 2.70 bits per heavy atom. The fourth-order valence-corrected chi connectivity index (χ4v) is 2.92. The molecular formula is C15H25N3O2. The topological polar surface area (TPSA) is 71.5 Å². The van der Waals surface area contributed by atoms with Crippen molar-refractivity contribution in [3.63, 3.8) is 0 Å². The lowest BCUT2D eigenvalue weighted by atomic mass is 9.87. The number of hydrazine groups is 1. The van der Waals surface area contributed by atoms with Gasteiger partial charge in [-0.15, -0.1) is 0 Å². The second-order valence-electron chi connectivity index (χ2n) is 6.06. The van der Waals surface area contributed by atoms with Crippen molar-refractivity contribution in [2.75, 3.05) is 13.1 Å². The summed E-state index contributed by atoms with van der Waals surface area (Å²) < 4.78 is 5.61. The molecule has 5 heteroatoms. The zero-order chi connectivity index (χ0) is 14.7. The van der Waals surface area contributed by atoms with Crippen molar-refractivity contribution in [1.29, 1.82) is 0 Å². The van der Waals surface area contributed by atoms with Gasteiger partial charge in [-0.2, -0.15) is 0 Å². The van der Waals surface area contributed by atoms with Crippen LogP contribution in [0.25, 0.3) is 0 Å². The van der Waals surface area contributed by atoms with Crippen molar-refractivity contribution in [1.82, 2.24) is 10.3 Å². The van der Waals surface area contributed by atoms with Gasteiger partial charge in [0.1, 0.15) is 5.76 Å². The van der Waals surface area contributed by atoms with E-state index < -0.39 is 0 Å². The van der Waals surface area contributed by atoms with Gasteiger partial charge in [0.05, 0.1) is 6.54 Å². The first-order valence-electron chi connectivity index (χ1n) is 7.34. The van der Waals surface area contributed by atoms with Crippen molar-refractivity contribution in [3.05, 3.63) is 23.2 Å². The Balaban J connectivity index is 1.93. The number of amides is 1. The maximum absolute atomic E-state index is 11.5. The largest absolute Gasteiger partial charge is 0.454 e. The minimum Gasteiger partial charge on any atom is -0.454 e. The molecule has 0 aromatic carbocycles. The summed E-state index contributed by atoms with van der Waals surface area (Å²) in [6.45, 7) is 9.43. The number of aryl methyl sites for hydroxylation is 1. The number of piperidine rings is 1. The Morgan fingerprint density at radius 1 is 1.50 bits per heavy atom. The lowest BCUT2D eigenvalue weighted by Crippen LogP contribution is -2.34. The normalized spacial score (nSPS) is 17.6. The summed E-state index contributed by atoms with van der Waals surface area (Å²) in [4.78, 5) is 13.9. The fraction of sp³-hybridized carbons (Fsp3) is 0.667. The number of rotatable bonds is 4. The fourth-order valence-electron chi connectivity index (χ4n) is 2.92. The van der Waals surface area contributed by atoms with Crippen LogP contribution in [0.1, 0.15) is 48.6 Å². The second-order valence-corrected chi connectivity index (χ2v) is 6.06.